The standard InChI is InChI=1S/C33H32N2O5/c1-5-39-33(37)27-11-7-9-13-30(27)40-20-24-19-23(14-15-29(24)38-4)31-34-28-12-8-6-10-26(28)32(36)35(31)25-17-21(2)16-22(3)18-25/h6-19,31,34H,5,20H2,1-4H3/t31-/m1/s1. The van der Waals surface area contributed by atoms with E-state index in [4.69, 9.17) is 14.2 Å². The summed E-state index contributed by atoms with van der Waals surface area (Å²) in [6, 6.07) is 26.5. The van der Waals surface area contributed by atoms with Crippen molar-refractivity contribution in [2.45, 2.75) is 33.5 Å². The van der Waals surface area contributed by atoms with Crippen LogP contribution in [0.5, 0.6) is 11.5 Å². The van der Waals surface area contributed by atoms with Crippen LogP contribution in [0.15, 0.2) is 84.9 Å². The van der Waals surface area contributed by atoms with Gasteiger partial charge < -0.3 is 19.5 Å². The van der Waals surface area contributed by atoms with Gasteiger partial charge in [-0.3, -0.25) is 9.69 Å². The molecule has 1 aliphatic rings. The first-order valence-electron chi connectivity index (χ1n) is 13.2. The fraction of sp³-hybridized carbons (Fsp3) is 0.212. The minimum Gasteiger partial charge on any atom is -0.496 e. The van der Waals surface area contributed by atoms with Gasteiger partial charge in [-0.15, -0.1) is 0 Å². The molecule has 4 aromatic carbocycles. The van der Waals surface area contributed by atoms with Crippen LogP contribution in [0.4, 0.5) is 11.4 Å². The average Bonchev–Trinajstić information content (AvgIpc) is 2.95. The van der Waals surface area contributed by atoms with E-state index >= 15 is 0 Å². The minimum absolute atomic E-state index is 0.0821. The van der Waals surface area contributed by atoms with Crippen LogP contribution in [0.1, 0.15) is 56.1 Å². The summed E-state index contributed by atoms with van der Waals surface area (Å²) in [7, 11) is 1.60. The van der Waals surface area contributed by atoms with Crippen molar-refractivity contribution in [3.05, 3.63) is 118 Å². The molecule has 4 aromatic rings. The number of hydrogen-bond acceptors (Lipinski definition) is 6. The molecule has 0 aliphatic carbocycles. The Balaban J connectivity index is 1.53. The van der Waals surface area contributed by atoms with Gasteiger partial charge in [-0.25, -0.2) is 4.79 Å². The number of anilines is 2. The molecule has 1 aliphatic heterocycles. The molecule has 1 heterocycles. The van der Waals surface area contributed by atoms with Crippen molar-refractivity contribution >= 4 is 23.3 Å². The molecule has 1 atom stereocenters. The molecular formula is C33H32N2O5. The molecule has 0 aromatic heterocycles. The summed E-state index contributed by atoms with van der Waals surface area (Å²) < 4.78 is 16.9. The van der Waals surface area contributed by atoms with Crippen molar-refractivity contribution in [3.63, 3.8) is 0 Å². The molecule has 0 fully saturated rings. The van der Waals surface area contributed by atoms with Gasteiger partial charge in [0.15, 0.2) is 0 Å². The van der Waals surface area contributed by atoms with Crippen molar-refractivity contribution in [3.8, 4) is 11.5 Å². The third kappa shape index (κ3) is 5.36. The molecule has 1 N–H and O–H groups in total. The summed E-state index contributed by atoms with van der Waals surface area (Å²) >= 11 is 0. The first kappa shape index (κ1) is 26.8. The van der Waals surface area contributed by atoms with Crippen LogP contribution in [-0.2, 0) is 11.3 Å². The third-order valence-electron chi connectivity index (χ3n) is 6.80. The SMILES string of the molecule is CCOC(=O)c1ccccc1OCc1cc([C@@H]2Nc3ccccc3C(=O)N2c2cc(C)cc(C)c2)ccc1OC. The van der Waals surface area contributed by atoms with Gasteiger partial charge in [-0.05, 0) is 86.0 Å². The number of hydrogen-bond donors (Lipinski definition) is 1. The Morgan fingerprint density at radius 3 is 2.38 bits per heavy atom. The van der Waals surface area contributed by atoms with Crippen LogP contribution >= 0.6 is 0 Å². The number of para-hydroxylation sites is 2. The Kier molecular flexibility index (Phi) is 7.73. The lowest BCUT2D eigenvalue weighted by atomic mass is 10.00. The predicted octanol–water partition coefficient (Wildman–Crippen LogP) is 6.84. The summed E-state index contributed by atoms with van der Waals surface area (Å²) in [6.07, 6.45) is -0.472. The number of amides is 1. The molecule has 7 nitrogen and oxygen atoms in total. The zero-order valence-corrected chi connectivity index (χ0v) is 23.1. The van der Waals surface area contributed by atoms with Crippen LogP contribution < -0.4 is 19.7 Å². The zero-order chi connectivity index (χ0) is 28.2. The van der Waals surface area contributed by atoms with Gasteiger partial charge in [0.2, 0.25) is 0 Å². The largest absolute Gasteiger partial charge is 0.496 e. The first-order valence-corrected chi connectivity index (χ1v) is 13.2. The molecule has 0 saturated heterocycles. The molecule has 1 amide bonds. The number of ether oxygens (including phenoxy) is 3. The van der Waals surface area contributed by atoms with Crippen molar-refractivity contribution in [1.29, 1.82) is 0 Å². The smallest absolute Gasteiger partial charge is 0.341 e. The van der Waals surface area contributed by atoms with Gasteiger partial charge in [0.05, 0.1) is 19.3 Å². The van der Waals surface area contributed by atoms with Crippen LogP contribution in [0.25, 0.3) is 0 Å². The number of nitrogens with zero attached hydrogens (tertiary/aromatic N) is 1. The lowest BCUT2D eigenvalue weighted by molar-refractivity contribution is 0.0521. The Labute approximate surface area is 234 Å². The highest BCUT2D eigenvalue weighted by atomic mass is 16.5. The number of carbonyl (C=O) groups is 2. The summed E-state index contributed by atoms with van der Waals surface area (Å²) in [5.41, 5.74) is 6.34. The number of benzene rings is 4. The van der Waals surface area contributed by atoms with Gasteiger partial charge in [0, 0.05) is 16.9 Å². The van der Waals surface area contributed by atoms with E-state index in [0.29, 0.717) is 22.6 Å². The van der Waals surface area contributed by atoms with Crippen LogP contribution in [-0.4, -0.2) is 25.6 Å². The van der Waals surface area contributed by atoms with Gasteiger partial charge in [-0.1, -0.05) is 36.4 Å². The quantitative estimate of drug-likeness (QED) is 0.249. The lowest BCUT2D eigenvalue weighted by Gasteiger charge is -2.38. The van der Waals surface area contributed by atoms with E-state index in [1.807, 2.05) is 74.5 Å². The summed E-state index contributed by atoms with van der Waals surface area (Å²) in [5, 5.41) is 3.57. The van der Waals surface area contributed by atoms with E-state index in [0.717, 1.165) is 33.6 Å². The maximum atomic E-state index is 13.9. The third-order valence-corrected chi connectivity index (χ3v) is 6.80. The molecule has 7 heteroatoms. The van der Waals surface area contributed by atoms with Crippen molar-refractivity contribution in [2.75, 3.05) is 23.9 Å². The molecule has 204 valence electrons. The molecule has 0 radical (unpaired) electrons. The number of fused-ring (bicyclic) bond motifs is 1. The monoisotopic (exact) mass is 536 g/mol. The number of nitrogens with one attached hydrogen (secondary N) is 1. The van der Waals surface area contributed by atoms with E-state index in [1.165, 1.54) is 0 Å². The van der Waals surface area contributed by atoms with Crippen LogP contribution in [0, 0.1) is 13.8 Å². The Morgan fingerprint density at radius 2 is 1.62 bits per heavy atom. The maximum absolute atomic E-state index is 13.9. The first-order chi connectivity index (χ1) is 19.4. The van der Waals surface area contributed by atoms with Crippen molar-refractivity contribution in [1.82, 2.24) is 0 Å². The molecule has 5 rings (SSSR count). The normalized spacial score (nSPS) is 14.2. The van der Waals surface area contributed by atoms with Gasteiger partial charge in [0.1, 0.15) is 29.8 Å². The van der Waals surface area contributed by atoms with Crippen LogP contribution in [0.3, 0.4) is 0 Å². The Bertz CT molecular complexity index is 1540. The highest BCUT2D eigenvalue weighted by Crippen LogP contribution is 2.38. The second-order valence-electron chi connectivity index (χ2n) is 9.69. The lowest BCUT2D eigenvalue weighted by Crippen LogP contribution is -2.43. The predicted molar refractivity (Wildman–Crippen MR) is 155 cm³/mol. The van der Waals surface area contributed by atoms with Gasteiger partial charge >= 0.3 is 5.97 Å². The van der Waals surface area contributed by atoms with E-state index < -0.39 is 12.1 Å². The second kappa shape index (κ2) is 11.5. The number of esters is 1. The Hall–Kier alpha value is -4.78. The maximum Gasteiger partial charge on any atom is 0.341 e. The molecular weight excluding hydrogens is 504 g/mol. The van der Waals surface area contributed by atoms with E-state index in [1.54, 1.807) is 37.1 Å². The highest BCUT2D eigenvalue weighted by Gasteiger charge is 2.34. The van der Waals surface area contributed by atoms with Crippen molar-refractivity contribution < 1.29 is 23.8 Å². The fourth-order valence-corrected chi connectivity index (χ4v) is 5.05. The summed E-state index contributed by atoms with van der Waals surface area (Å²) in [4.78, 5) is 28.1. The summed E-state index contributed by atoms with van der Waals surface area (Å²) in [6.45, 7) is 6.24. The average molecular weight is 537 g/mol. The van der Waals surface area contributed by atoms with Crippen LogP contribution in [0.2, 0.25) is 0 Å². The van der Waals surface area contributed by atoms with E-state index in [9.17, 15) is 9.59 Å². The zero-order valence-electron chi connectivity index (χ0n) is 23.1. The second-order valence-corrected chi connectivity index (χ2v) is 9.69. The number of methoxy groups -OCH3 is 1. The number of aryl methyl sites for hydroxylation is 2. The Morgan fingerprint density at radius 1 is 0.900 bits per heavy atom. The fourth-order valence-electron chi connectivity index (χ4n) is 5.05. The molecule has 0 bridgehead atoms. The van der Waals surface area contributed by atoms with E-state index in [-0.39, 0.29) is 19.1 Å². The summed E-state index contributed by atoms with van der Waals surface area (Å²) in [5.74, 6) is 0.538. The molecule has 0 saturated carbocycles. The van der Waals surface area contributed by atoms with Crippen molar-refractivity contribution in [2.24, 2.45) is 0 Å². The van der Waals surface area contributed by atoms with E-state index in [2.05, 4.69) is 11.4 Å². The highest BCUT2D eigenvalue weighted by molar-refractivity contribution is 6.12. The molecule has 0 unspecified atom stereocenters. The topological polar surface area (TPSA) is 77.1 Å². The number of rotatable bonds is 8. The molecule has 40 heavy (non-hydrogen) atoms. The van der Waals surface area contributed by atoms with Gasteiger partial charge in [-0.2, -0.15) is 0 Å². The van der Waals surface area contributed by atoms with Gasteiger partial charge in [0.25, 0.3) is 5.91 Å². The molecule has 0 spiro atoms. The number of carbonyl (C=O) groups excluding carboxylic acids is 2. The minimum atomic E-state index is -0.472.